The van der Waals surface area contributed by atoms with Gasteiger partial charge < -0.3 is 15.0 Å². The van der Waals surface area contributed by atoms with Crippen molar-refractivity contribution in [2.75, 3.05) is 13.7 Å². The predicted octanol–water partition coefficient (Wildman–Crippen LogP) is 4.98. The van der Waals surface area contributed by atoms with Crippen LogP contribution >= 0.6 is 11.6 Å². The van der Waals surface area contributed by atoms with Crippen molar-refractivity contribution in [3.8, 4) is 11.4 Å². The van der Waals surface area contributed by atoms with Crippen molar-refractivity contribution in [3.63, 3.8) is 0 Å². The van der Waals surface area contributed by atoms with E-state index in [1.165, 1.54) is 18.2 Å². The molecule has 9 heteroatoms. The van der Waals surface area contributed by atoms with Gasteiger partial charge in [0.2, 0.25) is 0 Å². The average Bonchev–Trinajstić information content (AvgIpc) is 3.55. The SMILES string of the molecule is COc1cc(-n2cnnc2)cc(Cl)c1C(=O)NC[C@@H](c1ccccc1)c1nc2cc(C)c(C)cc2[nH]1. The Balaban J connectivity index is 1.45. The van der Waals surface area contributed by atoms with Crippen LogP contribution in [-0.4, -0.2) is 44.3 Å². The molecule has 0 fully saturated rings. The largest absolute Gasteiger partial charge is 0.496 e. The number of carbonyl (C=O) groups excluding carboxylic acids is 1. The highest BCUT2D eigenvalue weighted by Crippen LogP contribution is 2.31. The molecular formula is C27H25ClN6O2. The molecule has 0 saturated carbocycles. The number of H-pyrrole nitrogens is 1. The van der Waals surface area contributed by atoms with Gasteiger partial charge in [0.1, 0.15) is 29.8 Å². The Kier molecular flexibility index (Phi) is 6.43. The summed E-state index contributed by atoms with van der Waals surface area (Å²) in [6, 6.07) is 17.6. The lowest BCUT2D eigenvalue weighted by Crippen LogP contribution is -2.30. The topological polar surface area (TPSA) is 97.7 Å². The first kappa shape index (κ1) is 23.6. The molecule has 36 heavy (non-hydrogen) atoms. The molecule has 0 saturated heterocycles. The standard InChI is InChI=1S/C27H25ClN6O2/c1-16-9-22-23(10-17(16)2)33-26(32-22)20(18-7-5-4-6-8-18)13-29-27(35)25-21(28)11-19(12-24(25)36-3)34-14-30-31-15-34/h4-12,14-15,20H,13H2,1-3H3,(H,29,35)(H,32,33)/t20-/m0/s1. The van der Waals surface area contributed by atoms with Crippen LogP contribution in [0.4, 0.5) is 0 Å². The summed E-state index contributed by atoms with van der Waals surface area (Å²) in [7, 11) is 1.50. The first-order valence-corrected chi connectivity index (χ1v) is 11.8. The molecule has 1 atom stereocenters. The zero-order valence-electron chi connectivity index (χ0n) is 20.1. The number of ether oxygens (including phenoxy) is 1. The smallest absolute Gasteiger partial charge is 0.256 e. The predicted molar refractivity (Wildman–Crippen MR) is 139 cm³/mol. The molecule has 182 valence electrons. The summed E-state index contributed by atoms with van der Waals surface area (Å²) >= 11 is 6.54. The van der Waals surface area contributed by atoms with Gasteiger partial charge in [-0.05, 0) is 48.7 Å². The number of imidazole rings is 1. The van der Waals surface area contributed by atoms with E-state index in [0.717, 1.165) is 22.4 Å². The van der Waals surface area contributed by atoms with E-state index in [1.54, 1.807) is 29.4 Å². The van der Waals surface area contributed by atoms with Crippen LogP contribution in [0.1, 0.15) is 38.8 Å². The van der Waals surface area contributed by atoms with Crippen LogP contribution in [0.25, 0.3) is 16.7 Å². The van der Waals surface area contributed by atoms with Gasteiger partial charge >= 0.3 is 0 Å². The molecule has 1 amide bonds. The molecule has 0 aliphatic rings. The highest BCUT2D eigenvalue weighted by Gasteiger charge is 2.23. The molecule has 0 bridgehead atoms. The minimum Gasteiger partial charge on any atom is -0.496 e. The number of halogens is 1. The Bertz CT molecular complexity index is 1490. The second-order valence-corrected chi connectivity index (χ2v) is 9.03. The van der Waals surface area contributed by atoms with E-state index in [1.807, 2.05) is 30.3 Å². The third-order valence-electron chi connectivity index (χ3n) is 6.32. The molecule has 2 heterocycles. The third kappa shape index (κ3) is 4.55. The number of nitrogens with zero attached hydrogens (tertiary/aromatic N) is 4. The fourth-order valence-electron chi connectivity index (χ4n) is 4.23. The quantitative estimate of drug-likeness (QED) is 0.328. The number of fused-ring (bicyclic) bond motifs is 1. The number of amides is 1. The molecule has 0 unspecified atom stereocenters. The Morgan fingerprint density at radius 1 is 1.08 bits per heavy atom. The second-order valence-electron chi connectivity index (χ2n) is 8.62. The van der Waals surface area contributed by atoms with E-state index in [0.29, 0.717) is 18.0 Å². The number of nitrogens with one attached hydrogen (secondary N) is 2. The Hall–Kier alpha value is -4.17. The summed E-state index contributed by atoms with van der Waals surface area (Å²) in [6.45, 7) is 4.47. The van der Waals surface area contributed by atoms with Crippen LogP contribution in [-0.2, 0) is 0 Å². The van der Waals surface area contributed by atoms with Crippen molar-refractivity contribution < 1.29 is 9.53 Å². The summed E-state index contributed by atoms with van der Waals surface area (Å²) in [5.74, 6) is 0.609. The maximum Gasteiger partial charge on any atom is 0.256 e. The van der Waals surface area contributed by atoms with Gasteiger partial charge in [0.05, 0.1) is 34.8 Å². The third-order valence-corrected chi connectivity index (χ3v) is 6.62. The summed E-state index contributed by atoms with van der Waals surface area (Å²) in [5, 5.41) is 10.9. The minimum absolute atomic E-state index is 0.191. The lowest BCUT2D eigenvalue weighted by molar-refractivity contribution is 0.0949. The Morgan fingerprint density at radius 2 is 1.81 bits per heavy atom. The first-order chi connectivity index (χ1) is 17.4. The average molecular weight is 501 g/mol. The van der Waals surface area contributed by atoms with Crippen molar-refractivity contribution in [3.05, 3.63) is 100 Å². The summed E-state index contributed by atoms with van der Waals surface area (Å²) < 4.78 is 7.19. The van der Waals surface area contributed by atoms with E-state index in [-0.39, 0.29) is 22.4 Å². The summed E-state index contributed by atoms with van der Waals surface area (Å²) in [5.41, 5.74) is 6.23. The minimum atomic E-state index is -0.337. The number of carbonyl (C=O) groups is 1. The van der Waals surface area contributed by atoms with Crippen molar-refractivity contribution in [2.24, 2.45) is 0 Å². The number of methoxy groups -OCH3 is 1. The van der Waals surface area contributed by atoms with Crippen LogP contribution in [0.2, 0.25) is 5.02 Å². The second kappa shape index (κ2) is 9.83. The molecule has 2 aromatic heterocycles. The molecule has 5 rings (SSSR count). The molecule has 0 aliphatic heterocycles. The maximum absolute atomic E-state index is 13.3. The van der Waals surface area contributed by atoms with Gasteiger partial charge in [-0.2, -0.15) is 0 Å². The van der Waals surface area contributed by atoms with Crippen molar-refractivity contribution >= 4 is 28.5 Å². The Labute approximate surface area is 213 Å². The number of hydrogen-bond acceptors (Lipinski definition) is 5. The van der Waals surface area contributed by atoms with E-state index >= 15 is 0 Å². The van der Waals surface area contributed by atoms with E-state index in [2.05, 4.69) is 46.5 Å². The van der Waals surface area contributed by atoms with Crippen molar-refractivity contribution in [2.45, 2.75) is 19.8 Å². The Morgan fingerprint density at radius 3 is 2.53 bits per heavy atom. The van der Waals surface area contributed by atoms with Gasteiger partial charge in [-0.25, -0.2) is 4.98 Å². The molecule has 2 N–H and O–H groups in total. The summed E-state index contributed by atoms with van der Waals surface area (Å²) in [4.78, 5) is 21.7. The van der Waals surface area contributed by atoms with Crippen LogP contribution in [0.15, 0.2) is 67.3 Å². The molecule has 3 aromatic carbocycles. The monoisotopic (exact) mass is 500 g/mol. The van der Waals surface area contributed by atoms with Crippen molar-refractivity contribution in [1.29, 1.82) is 0 Å². The fourth-order valence-corrected chi connectivity index (χ4v) is 4.52. The zero-order valence-corrected chi connectivity index (χ0v) is 20.9. The molecule has 5 aromatic rings. The van der Waals surface area contributed by atoms with Crippen LogP contribution in [0.5, 0.6) is 5.75 Å². The van der Waals surface area contributed by atoms with Crippen LogP contribution < -0.4 is 10.1 Å². The molecule has 0 spiro atoms. The number of aryl methyl sites for hydroxylation is 2. The summed E-state index contributed by atoms with van der Waals surface area (Å²) in [6.07, 6.45) is 3.09. The van der Waals surface area contributed by atoms with Crippen LogP contribution in [0.3, 0.4) is 0 Å². The number of hydrogen-bond donors (Lipinski definition) is 2. The highest BCUT2D eigenvalue weighted by atomic mass is 35.5. The number of rotatable bonds is 7. The van der Waals surface area contributed by atoms with Crippen LogP contribution in [0, 0.1) is 13.8 Å². The zero-order chi connectivity index (χ0) is 25.2. The van der Waals surface area contributed by atoms with Gasteiger partial charge in [-0.15, -0.1) is 10.2 Å². The molecular weight excluding hydrogens is 476 g/mol. The van der Waals surface area contributed by atoms with Crippen molar-refractivity contribution in [1.82, 2.24) is 30.0 Å². The van der Waals surface area contributed by atoms with Gasteiger partial charge in [0.25, 0.3) is 5.91 Å². The van der Waals surface area contributed by atoms with E-state index < -0.39 is 0 Å². The van der Waals surface area contributed by atoms with E-state index in [9.17, 15) is 4.79 Å². The number of aromatic amines is 1. The van der Waals surface area contributed by atoms with Gasteiger partial charge in [-0.1, -0.05) is 41.9 Å². The van der Waals surface area contributed by atoms with Gasteiger partial charge in [0.15, 0.2) is 0 Å². The fraction of sp³-hybridized carbons (Fsp3) is 0.185. The highest BCUT2D eigenvalue weighted by molar-refractivity contribution is 6.34. The lowest BCUT2D eigenvalue weighted by Gasteiger charge is -2.18. The number of aromatic nitrogens is 5. The van der Waals surface area contributed by atoms with Gasteiger partial charge in [0, 0.05) is 12.6 Å². The number of benzene rings is 3. The maximum atomic E-state index is 13.3. The first-order valence-electron chi connectivity index (χ1n) is 11.5. The normalized spacial score (nSPS) is 12.0. The molecule has 8 nitrogen and oxygen atoms in total. The van der Waals surface area contributed by atoms with E-state index in [4.69, 9.17) is 21.3 Å². The van der Waals surface area contributed by atoms with Gasteiger partial charge in [-0.3, -0.25) is 9.36 Å². The molecule has 0 aliphatic carbocycles. The molecule has 0 radical (unpaired) electrons. The lowest BCUT2D eigenvalue weighted by atomic mass is 9.98.